The summed E-state index contributed by atoms with van der Waals surface area (Å²) in [7, 11) is 0. The van der Waals surface area contributed by atoms with Gasteiger partial charge in [-0.15, -0.1) is 11.3 Å². The SMILES string of the molecule is CCOC(=O)C(N)c1cc(C)sc1C. The maximum absolute atomic E-state index is 11.4. The number of carbonyl (C=O) groups is 1. The first-order valence-electron chi connectivity index (χ1n) is 4.55. The molecule has 0 aliphatic heterocycles. The molecule has 0 aliphatic carbocycles. The van der Waals surface area contributed by atoms with Crippen LogP contribution in [-0.4, -0.2) is 12.6 Å². The smallest absolute Gasteiger partial charge is 0.327 e. The van der Waals surface area contributed by atoms with Crippen molar-refractivity contribution >= 4 is 17.3 Å². The van der Waals surface area contributed by atoms with Crippen LogP contribution >= 0.6 is 11.3 Å². The summed E-state index contributed by atoms with van der Waals surface area (Å²) in [5.41, 5.74) is 6.65. The summed E-state index contributed by atoms with van der Waals surface area (Å²) in [5.74, 6) is -0.353. The van der Waals surface area contributed by atoms with Crippen LogP contribution in [0.4, 0.5) is 0 Å². The van der Waals surface area contributed by atoms with Crippen LogP contribution in [0, 0.1) is 13.8 Å². The molecule has 78 valence electrons. The minimum Gasteiger partial charge on any atom is -0.465 e. The maximum atomic E-state index is 11.4. The molecule has 14 heavy (non-hydrogen) atoms. The average Bonchev–Trinajstić information content (AvgIpc) is 2.44. The molecule has 0 radical (unpaired) electrons. The van der Waals surface area contributed by atoms with E-state index in [1.54, 1.807) is 18.3 Å². The zero-order valence-corrected chi connectivity index (χ0v) is 9.48. The van der Waals surface area contributed by atoms with Crippen LogP contribution in [-0.2, 0) is 9.53 Å². The van der Waals surface area contributed by atoms with Gasteiger partial charge >= 0.3 is 5.97 Å². The Morgan fingerprint density at radius 1 is 1.64 bits per heavy atom. The van der Waals surface area contributed by atoms with Crippen molar-refractivity contribution in [3.8, 4) is 0 Å². The molecule has 1 aromatic heterocycles. The molecule has 1 heterocycles. The van der Waals surface area contributed by atoms with Crippen LogP contribution < -0.4 is 5.73 Å². The predicted octanol–water partition coefficient (Wildman–Crippen LogP) is 1.93. The van der Waals surface area contributed by atoms with Crippen molar-refractivity contribution in [3.05, 3.63) is 21.4 Å². The lowest BCUT2D eigenvalue weighted by Crippen LogP contribution is -2.23. The van der Waals surface area contributed by atoms with E-state index < -0.39 is 6.04 Å². The van der Waals surface area contributed by atoms with Crippen LogP contribution in [0.25, 0.3) is 0 Å². The zero-order valence-electron chi connectivity index (χ0n) is 8.66. The van der Waals surface area contributed by atoms with Crippen molar-refractivity contribution in [2.24, 2.45) is 5.73 Å². The second-order valence-corrected chi connectivity index (χ2v) is 4.56. The molecular formula is C10H15NO2S. The highest BCUT2D eigenvalue weighted by Gasteiger charge is 2.20. The van der Waals surface area contributed by atoms with Crippen molar-refractivity contribution < 1.29 is 9.53 Å². The van der Waals surface area contributed by atoms with Crippen LogP contribution in [0.1, 0.15) is 28.3 Å². The fourth-order valence-corrected chi connectivity index (χ4v) is 2.29. The molecule has 1 aromatic rings. The summed E-state index contributed by atoms with van der Waals surface area (Å²) in [5, 5.41) is 0. The highest BCUT2D eigenvalue weighted by Crippen LogP contribution is 2.25. The Bertz CT molecular complexity index is 333. The molecule has 0 saturated heterocycles. The lowest BCUT2D eigenvalue weighted by molar-refractivity contribution is -0.144. The Morgan fingerprint density at radius 3 is 2.71 bits per heavy atom. The number of carbonyl (C=O) groups excluding carboxylic acids is 1. The van der Waals surface area contributed by atoms with E-state index in [-0.39, 0.29) is 5.97 Å². The van der Waals surface area contributed by atoms with Gasteiger partial charge in [-0.3, -0.25) is 0 Å². The molecule has 0 spiro atoms. The molecule has 0 saturated carbocycles. The van der Waals surface area contributed by atoms with Crippen LogP contribution in [0.5, 0.6) is 0 Å². The predicted molar refractivity (Wildman–Crippen MR) is 57.4 cm³/mol. The molecule has 0 aliphatic rings. The van der Waals surface area contributed by atoms with Gasteiger partial charge in [0.25, 0.3) is 0 Å². The summed E-state index contributed by atoms with van der Waals surface area (Å²) < 4.78 is 4.86. The number of rotatable bonds is 3. The third-order valence-electron chi connectivity index (χ3n) is 1.95. The molecule has 0 amide bonds. The van der Waals surface area contributed by atoms with Gasteiger partial charge in [0.15, 0.2) is 0 Å². The van der Waals surface area contributed by atoms with Gasteiger partial charge in [0, 0.05) is 9.75 Å². The second-order valence-electron chi connectivity index (χ2n) is 3.10. The molecule has 0 fully saturated rings. The first-order chi connectivity index (χ1) is 6.56. The van der Waals surface area contributed by atoms with Gasteiger partial charge in [-0.25, -0.2) is 4.79 Å². The quantitative estimate of drug-likeness (QED) is 0.780. The van der Waals surface area contributed by atoms with E-state index in [4.69, 9.17) is 10.5 Å². The van der Waals surface area contributed by atoms with Gasteiger partial charge in [0.05, 0.1) is 6.61 Å². The van der Waals surface area contributed by atoms with Crippen molar-refractivity contribution in [3.63, 3.8) is 0 Å². The molecule has 4 heteroatoms. The lowest BCUT2D eigenvalue weighted by Gasteiger charge is -2.09. The number of esters is 1. The van der Waals surface area contributed by atoms with Crippen molar-refractivity contribution in [2.45, 2.75) is 26.8 Å². The molecular weight excluding hydrogens is 198 g/mol. The van der Waals surface area contributed by atoms with E-state index in [9.17, 15) is 4.79 Å². The van der Waals surface area contributed by atoms with Gasteiger partial charge in [-0.05, 0) is 32.4 Å². The normalized spacial score (nSPS) is 12.6. The number of aryl methyl sites for hydroxylation is 2. The largest absolute Gasteiger partial charge is 0.465 e. The standard InChI is InChI=1S/C10H15NO2S/c1-4-13-10(12)9(11)8-5-6(2)14-7(8)3/h5,9H,4,11H2,1-3H3. The molecule has 1 atom stereocenters. The Labute approximate surface area is 87.9 Å². The van der Waals surface area contributed by atoms with E-state index >= 15 is 0 Å². The molecule has 0 bridgehead atoms. The molecule has 1 rings (SSSR count). The number of hydrogen-bond acceptors (Lipinski definition) is 4. The van der Waals surface area contributed by atoms with Gasteiger partial charge in [-0.1, -0.05) is 0 Å². The van der Waals surface area contributed by atoms with Crippen molar-refractivity contribution in [1.82, 2.24) is 0 Å². The summed E-state index contributed by atoms with van der Waals surface area (Å²) >= 11 is 1.65. The number of thiophene rings is 1. The second kappa shape index (κ2) is 4.57. The number of hydrogen-bond donors (Lipinski definition) is 1. The topological polar surface area (TPSA) is 52.3 Å². The zero-order chi connectivity index (χ0) is 10.7. The fourth-order valence-electron chi connectivity index (χ4n) is 1.32. The van der Waals surface area contributed by atoms with E-state index in [0.29, 0.717) is 6.61 Å². The van der Waals surface area contributed by atoms with Gasteiger partial charge < -0.3 is 10.5 Å². The van der Waals surface area contributed by atoms with Gasteiger partial charge in [0.2, 0.25) is 0 Å². The first-order valence-corrected chi connectivity index (χ1v) is 5.37. The van der Waals surface area contributed by atoms with E-state index in [0.717, 1.165) is 15.3 Å². The summed E-state index contributed by atoms with van der Waals surface area (Å²) in [6.45, 7) is 6.11. The van der Waals surface area contributed by atoms with Crippen molar-refractivity contribution in [1.29, 1.82) is 0 Å². The van der Waals surface area contributed by atoms with Gasteiger partial charge in [0.1, 0.15) is 6.04 Å². The molecule has 2 N–H and O–H groups in total. The highest BCUT2D eigenvalue weighted by atomic mass is 32.1. The van der Waals surface area contributed by atoms with Gasteiger partial charge in [-0.2, -0.15) is 0 Å². The van der Waals surface area contributed by atoms with Crippen LogP contribution in [0.15, 0.2) is 6.07 Å². The van der Waals surface area contributed by atoms with E-state index in [1.165, 1.54) is 0 Å². The minimum atomic E-state index is -0.639. The summed E-state index contributed by atoms with van der Waals surface area (Å²) in [6, 6.07) is 1.31. The number of nitrogens with two attached hydrogens (primary N) is 1. The molecule has 1 unspecified atom stereocenters. The fraction of sp³-hybridized carbons (Fsp3) is 0.500. The first kappa shape index (κ1) is 11.2. The monoisotopic (exact) mass is 213 g/mol. The Morgan fingerprint density at radius 2 is 2.29 bits per heavy atom. The van der Waals surface area contributed by atoms with E-state index in [1.807, 2.05) is 19.9 Å². The Kier molecular flexibility index (Phi) is 3.66. The lowest BCUT2D eigenvalue weighted by atomic mass is 10.1. The minimum absolute atomic E-state index is 0.353. The Hall–Kier alpha value is -0.870. The molecule has 3 nitrogen and oxygen atoms in total. The van der Waals surface area contributed by atoms with Crippen LogP contribution in [0.3, 0.4) is 0 Å². The van der Waals surface area contributed by atoms with Crippen LogP contribution in [0.2, 0.25) is 0 Å². The summed E-state index contributed by atoms with van der Waals surface area (Å²) in [6.07, 6.45) is 0. The third kappa shape index (κ3) is 2.33. The highest BCUT2D eigenvalue weighted by molar-refractivity contribution is 7.12. The average molecular weight is 213 g/mol. The number of ether oxygens (including phenoxy) is 1. The summed E-state index contributed by atoms with van der Waals surface area (Å²) in [4.78, 5) is 13.6. The maximum Gasteiger partial charge on any atom is 0.327 e. The van der Waals surface area contributed by atoms with Crippen molar-refractivity contribution in [2.75, 3.05) is 6.61 Å². The Balaban J connectivity index is 2.83. The third-order valence-corrected chi connectivity index (χ3v) is 2.94. The van der Waals surface area contributed by atoms with E-state index in [2.05, 4.69) is 0 Å². The molecule has 0 aromatic carbocycles.